The van der Waals surface area contributed by atoms with Crippen molar-refractivity contribution in [2.24, 2.45) is 5.10 Å². The largest absolute Gasteiger partial charge is 0.490 e. The van der Waals surface area contributed by atoms with Crippen molar-refractivity contribution in [2.75, 3.05) is 25.1 Å². The minimum absolute atomic E-state index is 0.0113. The number of carbonyl (C=O) groups excluding carboxylic acids is 3. The lowest BCUT2D eigenvalue weighted by atomic mass is 10.1. The molecule has 0 saturated heterocycles. The zero-order valence-electron chi connectivity index (χ0n) is 20.3. The van der Waals surface area contributed by atoms with Crippen LogP contribution in [0.3, 0.4) is 0 Å². The normalized spacial score (nSPS) is 10.7. The molecule has 0 aliphatic heterocycles. The number of rotatable bonds is 12. The van der Waals surface area contributed by atoms with Gasteiger partial charge >= 0.3 is 5.97 Å². The number of esters is 1. The molecular formula is C25H30BrN3O6. The lowest BCUT2D eigenvalue weighted by molar-refractivity contribution is -0.145. The molecule has 2 aromatic carbocycles. The third-order valence-electron chi connectivity index (χ3n) is 4.62. The van der Waals surface area contributed by atoms with Gasteiger partial charge in [0.25, 0.3) is 0 Å². The van der Waals surface area contributed by atoms with E-state index in [1.807, 2.05) is 39.0 Å². The van der Waals surface area contributed by atoms with E-state index in [0.29, 0.717) is 28.1 Å². The lowest BCUT2D eigenvalue weighted by Crippen LogP contribution is -2.21. The van der Waals surface area contributed by atoms with Gasteiger partial charge in [-0.1, -0.05) is 12.1 Å². The summed E-state index contributed by atoms with van der Waals surface area (Å²) in [4.78, 5) is 35.9. The Labute approximate surface area is 213 Å². The predicted molar refractivity (Wildman–Crippen MR) is 137 cm³/mol. The summed E-state index contributed by atoms with van der Waals surface area (Å²) in [5.74, 6) is -0.367. The topological polar surface area (TPSA) is 115 Å². The molecule has 0 bridgehead atoms. The Bertz CT molecular complexity index is 1090. The smallest absolute Gasteiger partial charge is 0.344 e. The Morgan fingerprint density at radius 1 is 1.00 bits per heavy atom. The zero-order valence-corrected chi connectivity index (χ0v) is 21.9. The molecule has 188 valence electrons. The Balaban J connectivity index is 1.91. The van der Waals surface area contributed by atoms with E-state index in [1.165, 1.54) is 6.21 Å². The fraction of sp³-hybridized carbons (Fsp3) is 0.360. The Morgan fingerprint density at radius 2 is 1.74 bits per heavy atom. The van der Waals surface area contributed by atoms with Crippen molar-refractivity contribution < 1.29 is 28.6 Å². The Morgan fingerprint density at radius 3 is 2.46 bits per heavy atom. The van der Waals surface area contributed by atoms with Crippen molar-refractivity contribution in [2.45, 2.75) is 40.5 Å². The van der Waals surface area contributed by atoms with Crippen molar-refractivity contribution in [3.63, 3.8) is 0 Å². The van der Waals surface area contributed by atoms with E-state index in [4.69, 9.17) is 14.2 Å². The van der Waals surface area contributed by atoms with Gasteiger partial charge in [-0.3, -0.25) is 9.59 Å². The van der Waals surface area contributed by atoms with E-state index in [1.54, 1.807) is 19.1 Å². The van der Waals surface area contributed by atoms with Gasteiger partial charge in [-0.05, 0) is 78.5 Å². The number of benzene rings is 2. The molecule has 0 saturated carbocycles. The highest BCUT2D eigenvalue weighted by molar-refractivity contribution is 9.10. The average molecular weight is 548 g/mol. The van der Waals surface area contributed by atoms with Gasteiger partial charge in [-0.15, -0.1) is 0 Å². The summed E-state index contributed by atoms with van der Waals surface area (Å²) >= 11 is 3.40. The number of aryl methyl sites for hydroxylation is 2. The van der Waals surface area contributed by atoms with Gasteiger partial charge in [0.15, 0.2) is 18.1 Å². The molecule has 0 aliphatic rings. The number of ether oxygens (including phenoxy) is 3. The fourth-order valence-electron chi connectivity index (χ4n) is 2.94. The summed E-state index contributed by atoms with van der Waals surface area (Å²) in [7, 11) is 0. The lowest BCUT2D eigenvalue weighted by Gasteiger charge is -2.14. The van der Waals surface area contributed by atoms with Crippen LogP contribution in [0.4, 0.5) is 5.69 Å². The first-order valence-corrected chi connectivity index (χ1v) is 12.0. The maximum Gasteiger partial charge on any atom is 0.344 e. The van der Waals surface area contributed by atoms with Gasteiger partial charge in [0, 0.05) is 18.5 Å². The number of nitrogens with one attached hydrogen (secondary N) is 2. The fourth-order valence-corrected chi connectivity index (χ4v) is 3.52. The Kier molecular flexibility index (Phi) is 11.2. The summed E-state index contributed by atoms with van der Waals surface area (Å²) in [6, 6.07) is 9.16. The number of nitrogens with zero attached hydrogens (tertiary/aromatic N) is 1. The van der Waals surface area contributed by atoms with E-state index in [0.717, 1.165) is 16.8 Å². The van der Waals surface area contributed by atoms with Crippen LogP contribution in [0.15, 0.2) is 39.9 Å². The zero-order chi connectivity index (χ0) is 25.8. The van der Waals surface area contributed by atoms with Gasteiger partial charge in [-0.2, -0.15) is 5.10 Å². The molecule has 0 unspecified atom stereocenters. The van der Waals surface area contributed by atoms with Crippen molar-refractivity contribution in [1.29, 1.82) is 0 Å². The summed E-state index contributed by atoms with van der Waals surface area (Å²) in [6.45, 7) is 7.77. The molecule has 0 heterocycles. The second kappa shape index (κ2) is 14.1. The van der Waals surface area contributed by atoms with Crippen molar-refractivity contribution in [3.05, 3.63) is 51.5 Å². The molecule has 9 nitrogen and oxygen atoms in total. The second-order valence-electron chi connectivity index (χ2n) is 7.52. The highest BCUT2D eigenvalue weighted by Crippen LogP contribution is 2.36. The van der Waals surface area contributed by atoms with Crippen LogP contribution in [0, 0.1) is 13.8 Å². The van der Waals surface area contributed by atoms with E-state index < -0.39 is 11.9 Å². The number of amides is 2. The summed E-state index contributed by atoms with van der Waals surface area (Å²) in [5.41, 5.74) is 5.76. The van der Waals surface area contributed by atoms with Gasteiger partial charge in [-0.25, -0.2) is 10.2 Å². The van der Waals surface area contributed by atoms with Crippen molar-refractivity contribution in [1.82, 2.24) is 5.43 Å². The van der Waals surface area contributed by atoms with Crippen molar-refractivity contribution in [3.8, 4) is 11.5 Å². The molecule has 0 aromatic heterocycles. The van der Waals surface area contributed by atoms with Crippen LogP contribution in [-0.4, -0.2) is 43.8 Å². The maximum absolute atomic E-state index is 12.2. The molecule has 0 radical (unpaired) electrons. The first kappa shape index (κ1) is 27.8. The van der Waals surface area contributed by atoms with Crippen LogP contribution >= 0.6 is 15.9 Å². The first-order valence-electron chi connectivity index (χ1n) is 11.2. The predicted octanol–water partition coefficient (Wildman–Crippen LogP) is 4.28. The van der Waals surface area contributed by atoms with E-state index >= 15 is 0 Å². The molecule has 35 heavy (non-hydrogen) atoms. The van der Waals surface area contributed by atoms with Gasteiger partial charge in [0.1, 0.15) is 0 Å². The Hall–Kier alpha value is -3.40. The highest BCUT2D eigenvalue weighted by atomic mass is 79.9. The summed E-state index contributed by atoms with van der Waals surface area (Å²) in [5, 5.41) is 6.78. The first-order chi connectivity index (χ1) is 16.7. The monoisotopic (exact) mass is 547 g/mol. The molecule has 10 heteroatoms. The molecule has 2 rings (SSSR count). The number of hydrazone groups is 1. The number of anilines is 1. The SMILES string of the molecule is CCOC(=O)COc1c(Br)cc(C=NNC(=O)CCC(=O)Nc2cc(C)ccc2C)cc1OCC. The second-order valence-corrected chi connectivity index (χ2v) is 8.37. The molecule has 0 spiro atoms. The summed E-state index contributed by atoms with van der Waals surface area (Å²) in [6.07, 6.45) is 1.46. The molecule has 2 amide bonds. The van der Waals surface area contributed by atoms with Crippen LogP contribution in [0.25, 0.3) is 0 Å². The minimum Gasteiger partial charge on any atom is -0.490 e. The molecule has 0 aliphatic carbocycles. The molecule has 2 aromatic rings. The third-order valence-corrected chi connectivity index (χ3v) is 5.21. The quantitative estimate of drug-likeness (QED) is 0.233. The average Bonchev–Trinajstić information content (AvgIpc) is 2.80. The third kappa shape index (κ3) is 9.40. The van der Waals surface area contributed by atoms with Gasteiger partial charge in [0.05, 0.1) is 23.9 Å². The number of carbonyl (C=O) groups is 3. The summed E-state index contributed by atoms with van der Waals surface area (Å²) < 4.78 is 16.6. The van der Waals surface area contributed by atoms with Crippen LogP contribution in [0.5, 0.6) is 11.5 Å². The van der Waals surface area contributed by atoms with Crippen LogP contribution in [-0.2, 0) is 19.1 Å². The van der Waals surface area contributed by atoms with Crippen LogP contribution < -0.4 is 20.2 Å². The molecular weight excluding hydrogens is 518 g/mol. The highest BCUT2D eigenvalue weighted by Gasteiger charge is 2.14. The maximum atomic E-state index is 12.2. The van der Waals surface area contributed by atoms with E-state index in [-0.39, 0.29) is 32.0 Å². The van der Waals surface area contributed by atoms with Crippen LogP contribution in [0.2, 0.25) is 0 Å². The molecule has 2 N–H and O–H groups in total. The molecule has 0 fully saturated rings. The van der Waals surface area contributed by atoms with Gasteiger partial charge < -0.3 is 19.5 Å². The number of hydrogen-bond acceptors (Lipinski definition) is 7. The number of halogens is 1. The van der Waals surface area contributed by atoms with Gasteiger partial charge in [0.2, 0.25) is 11.8 Å². The minimum atomic E-state index is -0.488. The number of hydrogen-bond donors (Lipinski definition) is 2. The van der Waals surface area contributed by atoms with Crippen molar-refractivity contribution >= 4 is 45.6 Å². The van der Waals surface area contributed by atoms with E-state index in [9.17, 15) is 14.4 Å². The van der Waals surface area contributed by atoms with E-state index in [2.05, 4.69) is 31.8 Å². The standard InChI is InChI=1S/C25H30BrN3O6/c1-5-33-21-13-18(12-19(26)25(21)35-15-24(32)34-6-2)14-27-29-23(31)10-9-22(30)28-20-11-16(3)7-8-17(20)4/h7-8,11-14H,5-6,9-10,15H2,1-4H3,(H,28,30)(H,29,31). The molecule has 0 atom stereocenters. The van der Waals surface area contributed by atoms with Crippen LogP contribution in [0.1, 0.15) is 43.4 Å².